The van der Waals surface area contributed by atoms with Crippen LogP contribution in [0.2, 0.25) is 0 Å². The first kappa shape index (κ1) is 20.3. The lowest BCUT2D eigenvalue weighted by molar-refractivity contribution is -0.353. The predicted octanol–water partition coefficient (Wildman–Crippen LogP) is 4.19. The summed E-state index contributed by atoms with van der Waals surface area (Å²) in [6, 6.07) is 6.13. The molecule has 0 radical (unpaired) electrons. The molecule has 1 fully saturated rings. The van der Waals surface area contributed by atoms with Crippen molar-refractivity contribution in [1.29, 1.82) is 0 Å². The van der Waals surface area contributed by atoms with Gasteiger partial charge < -0.3 is 19.7 Å². The fourth-order valence-corrected chi connectivity index (χ4v) is 2.76. The summed E-state index contributed by atoms with van der Waals surface area (Å²) in [5.74, 6) is -1.40. The molecule has 0 amide bonds. The molecule has 2 rings (SSSR count). The largest absolute Gasteiger partial charge is 0.508 e. The molecule has 1 aliphatic heterocycles. The number of unbranched alkanes of at least 4 members (excludes halogenated alkanes) is 1. The lowest BCUT2D eigenvalue weighted by Gasteiger charge is -2.37. The highest BCUT2D eigenvalue weighted by molar-refractivity contribution is 5.66. The van der Waals surface area contributed by atoms with Gasteiger partial charge in [-0.3, -0.25) is 4.79 Å². The third-order valence-electron chi connectivity index (χ3n) is 4.04. The summed E-state index contributed by atoms with van der Waals surface area (Å²) >= 11 is 0. The van der Waals surface area contributed by atoms with Crippen molar-refractivity contribution in [2.75, 3.05) is 6.61 Å². The van der Waals surface area contributed by atoms with Gasteiger partial charge in [-0.2, -0.15) is 13.2 Å². The van der Waals surface area contributed by atoms with E-state index in [-0.39, 0.29) is 24.3 Å². The molecule has 8 heteroatoms. The normalized spacial score (nSPS) is 24.0. The van der Waals surface area contributed by atoms with Gasteiger partial charge in [0.25, 0.3) is 6.29 Å². The lowest BCUT2D eigenvalue weighted by Crippen LogP contribution is -2.43. The van der Waals surface area contributed by atoms with Gasteiger partial charge in [-0.05, 0) is 25.3 Å². The second kappa shape index (κ2) is 9.05. The number of para-hydroxylation sites is 1. The maximum absolute atomic E-state index is 12.9. The molecule has 1 heterocycles. The summed E-state index contributed by atoms with van der Waals surface area (Å²) in [6.07, 6.45) is -2.87. The molecule has 1 aliphatic rings. The summed E-state index contributed by atoms with van der Waals surface area (Å²) < 4.78 is 48.8. The Bertz CT molecular complexity index is 629. The van der Waals surface area contributed by atoms with Gasteiger partial charge in [-0.1, -0.05) is 30.4 Å². The quantitative estimate of drug-likeness (QED) is 0.553. The Morgan fingerprint density at radius 2 is 2.00 bits per heavy atom. The van der Waals surface area contributed by atoms with Crippen LogP contribution in [-0.4, -0.2) is 35.3 Å². The number of aliphatic carboxylic acids is 1. The van der Waals surface area contributed by atoms with E-state index in [1.165, 1.54) is 12.1 Å². The molecule has 1 aromatic rings. The second-order valence-corrected chi connectivity index (χ2v) is 6.08. The van der Waals surface area contributed by atoms with Crippen LogP contribution in [0.4, 0.5) is 13.2 Å². The highest BCUT2D eigenvalue weighted by Gasteiger charge is 2.48. The van der Waals surface area contributed by atoms with Crippen molar-refractivity contribution < 1.29 is 37.7 Å². The number of ether oxygens (including phenoxy) is 2. The molecular formula is C18H21F3O5. The number of phenolic OH excluding ortho intramolecular Hbond substituents is 1. The summed E-state index contributed by atoms with van der Waals surface area (Å²) in [6.45, 7) is -0.164. The van der Waals surface area contributed by atoms with Crippen LogP contribution in [0.15, 0.2) is 36.4 Å². The predicted molar refractivity (Wildman–Crippen MR) is 86.5 cm³/mol. The Morgan fingerprint density at radius 3 is 2.65 bits per heavy atom. The molecule has 3 unspecified atom stereocenters. The number of benzene rings is 1. The molecule has 2 N–H and O–H groups in total. The second-order valence-electron chi connectivity index (χ2n) is 6.08. The minimum Gasteiger partial charge on any atom is -0.508 e. The van der Waals surface area contributed by atoms with Gasteiger partial charge in [0, 0.05) is 17.9 Å². The lowest BCUT2D eigenvalue weighted by atomic mass is 9.91. The van der Waals surface area contributed by atoms with E-state index >= 15 is 0 Å². The zero-order valence-corrected chi connectivity index (χ0v) is 14.0. The standard InChI is InChI=1S/C18H21F3O5/c19-18(20,21)17-25-11-12(7-3-1-2-4-10-15(23)24)16(26-17)13-8-5-6-9-14(13)22/h1,3,5-6,8-9,12,16-17,22H,2,4,7,10-11H2,(H,23,24)/b3-1-. The molecular weight excluding hydrogens is 353 g/mol. The van der Waals surface area contributed by atoms with Crippen LogP contribution in [0.5, 0.6) is 5.75 Å². The molecule has 1 aromatic carbocycles. The van der Waals surface area contributed by atoms with Crippen molar-refractivity contribution in [3.63, 3.8) is 0 Å². The monoisotopic (exact) mass is 374 g/mol. The fraction of sp³-hybridized carbons (Fsp3) is 0.500. The van der Waals surface area contributed by atoms with Crippen LogP contribution >= 0.6 is 0 Å². The van der Waals surface area contributed by atoms with Gasteiger partial charge in [0.1, 0.15) is 5.75 Å². The van der Waals surface area contributed by atoms with Gasteiger partial charge in [-0.25, -0.2) is 0 Å². The number of halogens is 3. The number of hydrogen-bond acceptors (Lipinski definition) is 4. The first-order chi connectivity index (χ1) is 12.3. The van der Waals surface area contributed by atoms with Crippen LogP contribution in [0, 0.1) is 5.92 Å². The third-order valence-corrected chi connectivity index (χ3v) is 4.04. The van der Waals surface area contributed by atoms with Crippen molar-refractivity contribution in [2.24, 2.45) is 5.92 Å². The van der Waals surface area contributed by atoms with Crippen molar-refractivity contribution in [3.05, 3.63) is 42.0 Å². The zero-order valence-electron chi connectivity index (χ0n) is 14.0. The van der Waals surface area contributed by atoms with Crippen molar-refractivity contribution in [2.45, 2.75) is 44.3 Å². The highest BCUT2D eigenvalue weighted by Crippen LogP contribution is 2.41. The summed E-state index contributed by atoms with van der Waals surface area (Å²) in [5.41, 5.74) is 0.286. The zero-order chi connectivity index (χ0) is 19.2. The third kappa shape index (κ3) is 5.74. The van der Waals surface area contributed by atoms with E-state index in [2.05, 4.69) is 0 Å². The number of hydrogen-bond donors (Lipinski definition) is 2. The first-order valence-electron chi connectivity index (χ1n) is 8.27. The summed E-state index contributed by atoms with van der Waals surface area (Å²) in [4.78, 5) is 10.5. The minimum atomic E-state index is -4.65. The molecule has 0 saturated carbocycles. The number of aromatic hydroxyl groups is 1. The Labute approximate surface area is 149 Å². The molecule has 144 valence electrons. The van der Waals surface area contributed by atoms with E-state index < -0.39 is 30.5 Å². The van der Waals surface area contributed by atoms with Crippen molar-refractivity contribution in [1.82, 2.24) is 0 Å². The van der Waals surface area contributed by atoms with Crippen LogP contribution in [-0.2, 0) is 14.3 Å². The maximum atomic E-state index is 12.9. The topological polar surface area (TPSA) is 76.0 Å². The number of rotatable bonds is 7. The number of carbonyl (C=O) groups is 1. The number of carboxylic acid groups (broad SMARTS) is 1. The minimum absolute atomic E-state index is 0.0633. The van der Waals surface area contributed by atoms with E-state index in [0.717, 1.165) is 0 Å². The molecule has 26 heavy (non-hydrogen) atoms. The SMILES string of the molecule is O=C(O)CCC/C=C\CC1COC(C(F)(F)F)OC1c1ccccc1O. The van der Waals surface area contributed by atoms with E-state index in [0.29, 0.717) is 19.3 Å². The smallest absolute Gasteiger partial charge is 0.440 e. The van der Waals surface area contributed by atoms with E-state index in [9.17, 15) is 23.1 Å². The average molecular weight is 374 g/mol. The van der Waals surface area contributed by atoms with E-state index in [1.54, 1.807) is 24.3 Å². The molecule has 5 nitrogen and oxygen atoms in total. The number of phenols is 1. The maximum Gasteiger partial charge on any atom is 0.440 e. The molecule has 0 aromatic heterocycles. The Hall–Kier alpha value is -2.06. The van der Waals surface area contributed by atoms with Gasteiger partial charge >= 0.3 is 12.1 Å². The van der Waals surface area contributed by atoms with E-state index in [4.69, 9.17) is 14.6 Å². The summed E-state index contributed by atoms with van der Waals surface area (Å²) in [7, 11) is 0. The Balaban J connectivity index is 2.05. The molecule has 1 saturated heterocycles. The van der Waals surface area contributed by atoms with Crippen LogP contribution in [0.1, 0.15) is 37.4 Å². The Kier molecular flexibility index (Phi) is 7.05. The molecule has 0 aliphatic carbocycles. The number of carboxylic acids is 1. The molecule has 0 spiro atoms. The van der Waals surface area contributed by atoms with Crippen molar-refractivity contribution >= 4 is 5.97 Å². The van der Waals surface area contributed by atoms with Gasteiger partial charge in [-0.15, -0.1) is 0 Å². The average Bonchev–Trinajstić information content (AvgIpc) is 2.57. The Morgan fingerprint density at radius 1 is 1.27 bits per heavy atom. The van der Waals surface area contributed by atoms with Gasteiger partial charge in [0.15, 0.2) is 0 Å². The molecule has 0 bridgehead atoms. The highest BCUT2D eigenvalue weighted by atomic mass is 19.4. The van der Waals surface area contributed by atoms with Crippen LogP contribution in [0.3, 0.4) is 0 Å². The number of allylic oxidation sites excluding steroid dienone is 2. The first-order valence-corrected chi connectivity index (χ1v) is 8.27. The van der Waals surface area contributed by atoms with E-state index in [1.807, 2.05) is 0 Å². The van der Waals surface area contributed by atoms with Crippen LogP contribution < -0.4 is 0 Å². The van der Waals surface area contributed by atoms with Gasteiger partial charge in [0.05, 0.1) is 12.7 Å². The van der Waals surface area contributed by atoms with Gasteiger partial charge in [0.2, 0.25) is 0 Å². The summed E-state index contributed by atoms with van der Waals surface area (Å²) in [5, 5.41) is 18.6. The van der Waals surface area contributed by atoms with Crippen molar-refractivity contribution in [3.8, 4) is 5.75 Å². The molecule has 3 atom stereocenters. The number of alkyl halides is 3. The fourth-order valence-electron chi connectivity index (χ4n) is 2.76. The van der Waals surface area contributed by atoms with Crippen LogP contribution in [0.25, 0.3) is 0 Å².